The molecule has 2 fully saturated rings. The van der Waals surface area contributed by atoms with E-state index in [0.717, 1.165) is 88.6 Å². The summed E-state index contributed by atoms with van der Waals surface area (Å²) in [7, 11) is 0. The van der Waals surface area contributed by atoms with Crippen LogP contribution in [-0.4, -0.2) is 98.2 Å². The smallest absolute Gasteiger partial charge is 0.169 e. The van der Waals surface area contributed by atoms with Crippen molar-refractivity contribution in [2.24, 2.45) is 0 Å². The predicted octanol–water partition coefficient (Wildman–Crippen LogP) is 2.51. The number of nitrogens with two attached hydrogens (primary N) is 1. The number of aromatic nitrogens is 2. The molecule has 1 aromatic heterocycles. The third-order valence-corrected chi connectivity index (χ3v) is 7.19. The van der Waals surface area contributed by atoms with E-state index >= 15 is 0 Å². The first kappa shape index (κ1) is 26.8. The van der Waals surface area contributed by atoms with Gasteiger partial charge in [-0.2, -0.15) is 0 Å². The van der Waals surface area contributed by atoms with Gasteiger partial charge in [-0.25, -0.2) is 0 Å². The summed E-state index contributed by atoms with van der Waals surface area (Å²) in [6.07, 6.45) is 4.10. The molecule has 2 aliphatic heterocycles. The van der Waals surface area contributed by atoms with E-state index in [9.17, 15) is 0 Å². The van der Waals surface area contributed by atoms with E-state index in [4.69, 9.17) is 25.1 Å². The van der Waals surface area contributed by atoms with Gasteiger partial charge in [0.2, 0.25) is 0 Å². The zero-order chi connectivity index (χ0) is 25.2. The molecule has 0 atom stereocenters. The second-order valence-corrected chi connectivity index (χ2v) is 9.77. The molecule has 1 spiro atoms. The van der Waals surface area contributed by atoms with Crippen LogP contribution in [0.2, 0.25) is 0 Å². The van der Waals surface area contributed by atoms with E-state index in [1.165, 1.54) is 5.56 Å². The lowest BCUT2D eigenvalue weighted by Crippen LogP contribution is -2.57. The third kappa shape index (κ3) is 7.14. The molecule has 4 rings (SSSR count). The molecule has 3 N–H and O–H groups in total. The SMILES string of the molecule is Cc1ccccc1-c1cc(N2CCC3(CC2)CN(CCCCOCCOCCO)CCO3)c(N)nn1. The Hall–Kier alpha value is -2.30. The highest BCUT2D eigenvalue weighted by atomic mass is 16.5. The van der Waals surface area contributed by atoms with Gasteiger partial charge in [0.25, 0.3) is 0 Å². The summed E-state index contributed by atoms with van der Waals surface area (Å²) in [4.78, 5) is 4.88. The quantitative estimate of drug-likeness (QED) is 0.426. The van der Waals surface area contributed by atoms with E-state index in [-0.39, 0.29) is 12.2 Å². The zero-order valence-electron chi connectivity index (χ0n) is 21.5. The summed E-state index contributed by atoms with van der Waals surface area (Å²) in [5, 5.41) is 17.3. The average Bonchev–Trinajstić information content (AvgIpc) is 2.89. The fraction of sp³-hybridized carbons (Fsp3) is 0.630. The molecule has 1 aromatic carbocycles. The number of rotatable bonds is 12. The Kier molecular flexibility index (Phi) is 9.89. The fourth-order valence-corrected chi connectivity index (χ4v) is 5.13. The highest BCUT2D eigenvalue weighted by molar-refractivity contribution is 5.72. The van der Waals surface area contributed by atoms with Crippen molar-refractivity contribution < 1.29 is 19.3 Å². The van der Waals surface area contributed by atoms with Gasteiger partial charge in [-0.1, -0.05) is 24.3 Å². The minimum Gasteiger partial charge on any atom is -0.394 e. The lowest BCUT2D eigenvalue weighted by Gasteiger charge is -2.48. The summed E-state index contributed by atoms with van der Waals surface area (Å²) < 4.78 is 17.2. The zero-order valence-corrected chi connectivity index (χ0v) is 21.5. The van der Waals surface area contributed by atoms with Crippen LogP contribution in [0.4, 0.5) is 11.5 Å². The molecule has 2 saturated heterocycles. The number of hydrogen-bond donors (Lipinski definition) is 2. The molecule has 198 valence electrons. The van der Waals surface area contributed by atoms with Gasteiger partial charge < -0.3 is 30.0 Å². The Balaban J connectivity index is 1.24. The van der Waals surface area contributed by atoms with Gasteiger partial charge >= 0.3 is 0 Å². The highest BCUT2D eigenvalue weighted by Crippen LogP contribution is 2.35. The minimum absolute atomic E-state index is 0.0585. The lowest BCUT2D eigenvalue weighted by molar-refractivity contribution is -0.121. The van der Waals surface area contributed by atoms with Crippen LogP contribution >= 0.6 is 0 Å². The standard InChI is InChI=1S/C27H41N5O4/c1-22-6-2-3-7-23(22)24-20-25(26(28)30-29-24)32-11-8-27(9-12-32)21-31(13-16-36-27)10-4-5-15-34-18-19-35-17-14-33/h2-3,6-7,20,33H,4-5,8-19,21H2,1H3,(H2,28,30). The van der Waals surface area contributed by atoms with Crippen LogP contribution in [0.25, 0.3) is 11.3 Å². The van der Waals surface area contributed by atoms with Gasteiger partial charge in [-0.05, 0) is 50.8 Å². The highest BCUT2D eigenvalue weighted by Gasteiger charge is 2.40. The third-order valence-electron chi connectivity index (χ3n) is 7.19. The molecule has 0 radical (unpaired) electrons. The number of nitrogen functional groups attached to an aromatic ring is 1. The van der Waals surface area contributed by atoms with Crippen LogP contribution < -0.4 is 10.6 Å². The molecule has 2 aromatic rings. The first-order valence-corrected chi connectivity index (χ1v) is 13.2. The number of aliphatic hydroxyl groups excluding tert-OH is 1. The van der Waals surface area contributed by atoms with Crippen molar-refractivity contribution in [1.82, 2.24) is 15.1 Å². The molecule has 2 aliphatic rings. The molecule has 0 amide bonds. The molecule has 0 aliphatic carbocycles. The first-order valence-electron chi connectivity index (χ1n) is 13.2. The Morgan fingerprint density at radius 1 is 1.03 bits per heavy atom. The Bertz CT molecular complexity index is 952. The molecule has 9 heteroatoms. The number of ether oxygens (including phenoxy) is 3. The summed E-state index contributed by atoms with van der Waals surface area (Å²) in [5.74, 6) is 0.483. The van der Waals surface area contributed by atoms with Gasteiger partial charge in [0.1, 0.15) is 0 Å². The van der Waals surface area contributed by atoms with Crippen LogP contribution in [0.15, 0.2) is 30.3 Å². The van der Waals surface area contributed by atoms with Gasteiger partial charge in [0, 0.05) is 38.3 Å². The molecule has 3 heterocycles. The normalized spacial score (nSPS) is 18.1. The number of aryl methyl sites for hydroxylation is 1. The van der Waals surface area contributed by atoms with E-state index in [1.54, 1.807) is 0 Å². The Morgan fingerprint density at radius 3 is 2.58 bits per heavy atom. The maximum atomic E-state index is 8.70. The molecular weight excluding hydrogens is 458 g/mol. The van der Waals surface area contributed by atoms with Crippen molar-refractivity contribution in [1.29, 1.82) is 0 Å². The topological polar surface area (TPSA) is 106 Å². The molecular formula is C27H41N5O4. The largest absolute Gasteiger partial charge is 0.394 e. The van der Waals surface area contributed by atoms with Crippen molar-refractivity contribution in [3.8, 4) is 11.3 Å². The van der Waals surface area contributed by atoms with E-state index in [2.05, 4.69) is 45.1 Å². The number of hydrogen-bond acceptors (Lipinski definition) is 9. The van der Waals surface area contributed by atoms with Gasteiger partial charge in [-0.15, -0.1) is 10.2 Å². The monoisotopic (exact) mass is 499 g/mol. The number of morpholine rings is 1. The minimum atomic E-state index is -0.0800. The predicted molar refractivity (Wildman–Crippen MR) is 141 cm³/mol. The van der Waals surface area contributed by atoms with Gasteiger partial charge in [0.15, 0.2) is 5.82 Å². The second kappa shape index (κ2) is 13.3. The number of benzene rings is 1. The molecule has 36 heavy (non-hydrogen) atoms. The van der Waals surface area contributed by atoms with Crippen molar-refractivity contribution in [2.45, 2.75) is 38.2 Å². The molecule has 9 nitrogen and oxygen atoms in total. The summed E-state index contributed by atoms with van der Waals surface area (Å²) in [5.41, 5.74) is 10.3. The number of aliphatic hydroxyl groups is 1. The van der Waals surface area contributed by atoms with E-state index in [1.807, 2.05) is 12.1 Å². The van der Waals surface area contributed by atoms with Crippen LogP contribution in [0, 0.1) is 6.92 Å². The lowest BCUT2D eigenvalue weighted by atomic mass is 9.89. The fourth-order valence-electron chi connectivity index (χ4n) is 5.13. The summed E-state index contributed by atoms with van der Waals surface area (Å²) in [6.45, 7) is 10.0. The van der Waals surface area contributed by atoms with Crippen LogP contribution in [0.3, 0.4) is 0 Å². The van der Waals surface area contributed by atoms with Crippen molar-refractivity contribution >= 4 is 11.5 Å². The maximum Gasteiger partial charge on any atom is 0.169 e. The second-order valence-electron chi connectivity index (χ2n) is 9.77. The number of piperidine rings is 1. The van der Waals surface area contributed by atoms with Gasteiger partial charge in [-0.3, -0.25) is 4.90 Å². The number of anilines is 2. The van der Waals surface area contributed by atoms with E-state index in [0.29, 0.717) is 25.6 Å². The van der Waals surface area contributed by atoms with Crippen molar-refractivity contribution in [3.63, 3.8) is 0 Å². The molecule has 0 bridgehead atoms. The number of unbranched alkanes of at least 4 members (excludes halogenated alkanes) is 1. The molecule has 0 unspecified atom stereocenters. The van der Waals surface area contributed by atoms with Crippen LogP contribution in [-0.2, 0) is 14.2 Å². The molecule has 0 saturated carbocycles. The van der Waals surface area contributed by atoms with Crippen LogP contribution in [0.5, 0.6) is 0 Å². The van der Waals surface area contributed by atoms with E-state index < -0.39 is 0 Å². The number of nitrogens with zero attached hydrogens (tertiary/aromatic N) is 4. The Labute approximate surface area is 214 Å². The van der Waals surface area contributed by atoms with Crippen LogP contribution in [0.1, 0.15) is 31.2 Å². The summed E-state index contributed by atoms with van der Waals surface area (Å²) >= 11 is 0. The van der Waals surface area contributed by atoms with Crippen molar-refractivity contribution in [3.05, 3.63) is 35.9 Å². The summed E-state index contributed by atoms with van der Waals surface area (Å²) in [6, 6.07) is 10.3. The Morgan fingerprint density at radius 2 is 1.81 bits per heavy atom. The van der Waals surface area contributed by atoms with Crippen molar-refractivity contribution in [2.75, 3.05) is 83.0 Å². The first-order chi connectivity index (χ1) is 17.6. The maximum absolute atomic E-state index is 8.70. The average molecular weight is 500 g/mol. The van der Waals surface area contributed by atoms with Gasteiger partial charge in [0.05, 0.1) is 50.0 Å².